The normalized spacial score (nSPS) is 7.83. The van der Waals surface area contributed by atoms with Gasteiger partial charge in [0.25, 0.3) is 0 Å². The van der Waals surface area contributed by atoms with Gasteiger partial charge in [0.1, 0.15) is 0 Å². The Labute approximate surface area is 100 Å². The van der Waals surface area contributed by atoms with Crippen LogP contribution in [0.5, 0.6) is 0 Å². The predicted molar refractivity (Wildman–Crippen MR) is 56.6 cm³/mol. The number of carboxylic acids is 3. The molecule has 0 heterocycles. The molecule has 0 rings (SSSR count). The number of rotatable bonds is 5. The van der Waals surface area contributed by atoms with Crippen molar-refractivity contribution in [2.45, 2.75) is 18.4 Å². The molecule has 12 nitrogen and oxygen atoms in total. The van der Waals surface area contributed by atoms with E-state index in [0.717, 1.165) is 0 Å². The lowest BCUT2D eigenvalue weighted by atomic mass is 9.96. The molecule has 114 valence electrons. The molecule has 15 N–H and O–H groups in total. The highest BCUT2D eigenvalue weighted by Gasteiger charge is 2.40. The van der Waals surface area contributed by atoms with Crippen LogP contribution >= 0.6 is 0 Å². The molecule has 0 amide bonds. The Hall–Kier alpha value is -1.83. The summed E-state index contributed by atoms with van der Waals surface area (Å²) in [4.78, 5) is 30.5. The fraction of sp³-hybridized carbons (Fsp3) is 0.500. The van der Waals surface area contributed by atoms with Crippen molar-refractivity contribution in [2.75, 3.05) is 0 Å². The van der Waals surface area contributed by atoms with Crippen LogP contribution in [0.25, 0.3) is 0 Å². The third-order valence-corrected chi connectivity index (χ3v) is 1.29. The summed E-state index contributed by atoms with van der Waals surface area (Å²) in [5.74, 6) is -5.02. The van der Waals surface area contributed by atoms with Gasteiger partial charge in [-0.2, -0.15) is 0 Å². The summed E-state index contributed by atoms with van der Waals surface area (Å²) in [6.07, 6.45) is -2.29. The number of hydrogen-bond acceptors (Lipinski definition) is 5. The van der Waals surface area contributed by atoms with Gasteiger partial charge >= 0.3 is 17.9 Å². The summed E-state index contributed by atoms with van der Waals surface area (Å²) in [5.41, 5.74) is -2.74. The molecule has 0 aliphatic heterocycles. The molecule has 0 aromatic rings. The first-order valence-corrected chi connectivity index (χ1v) is 3.17. The van der Waals surface area contributed by atoms with Gasteiger partial charge in [0.15, 0.2) is 5.60 Å². The molecule has 0 fully saturated rings. The van der Waals surface area contributed by atoms with Gasteiger partial charge in [0.2, 0.25) is 0 Å². The zero-order chi connectivity index (χ0) is 10.6. The maximum Gasteiger partial charge on any atom is 0.336 e. The van der Waals surface area contributed by atoms with Crippen molar-refractivity contribution in [3.63, 3.8) is 0 Å². The molecule has 0 aliphatic carbocycles. The second kappa shape index (κ2) is 13.2. The van der Waals surface area contributed by atoms with Gasteiger partial charge in [-0.3, -0.25) is 9.59 Å². The average Bonchev–Trinajstić information content (AvgIpc) is 1.82. The molecule has 18 heavy (non-hydrogen) atoms. The summed E-state index contributed by atoms with van der Waals surface area (Å²) in [7, 11) is 0. The van der Waals surface area contributed by atoms with Crippen LogP contribution in [0, 0.1) is 0 Å². The highest BCUT2D eigenvalue weighted by molar-refractivity contribution is 5.88. The number of aliphatic hydroxyl groups is 1. The maximum absolute atomic E-state index is 10.3. The molecular weight excluding hydrogens is 262 g/mol. The lowest BCUT2D eigenvalue weighted by Gasteiger charge is -2.18. The van der Waals surface area contributed by atoms with E-state index in [9.17, 15) is 14.4 Å². The number of aliphatic carboxylic acids is 3. The van der Waals surface area contributed by atoms with E-state index in [2.05, 4.69) is 0 Å². The van der Waals surface area contributed by atoms with Crippen molar-refractivity contribution >= 4 is 17.9 Å². The van der Waals surface area contributed by atoms with E-state index in [-0.39, 0.29) is 28.1 Å². The average molecular weight is 281 g/mol. The van der Waals surface area contributed by atoms with Crippen LogP contribution in [0.3, 0.4) is 0 Å². The van der Waals surface area contributed by atoms with Gasteiger partial charge in [-0.05, 0) is 0 Å². The molecule has 0 aromatic carbocycles. The lowest BCUT2D eigenvalue weighted by molar-refractivity contribution is -0.170. The van der Waals surface area contributed by atoms with E-state index >= 15 is 0 Å². The van der Waals surface area contributed by atoms with E-state index in [1.54, 1.807) is 0 Å². The van der Waals surface area contributed by atoms with Crippen LogP contribution in [-0.2, 0) is 14.4 Å². The minimum atomic E-state index is -2.74. The van der Waals surface area contributed by atoms with E-state index in [0.29, 0.717) is 0 Å². The summed E-state index contributed by atoms with van der Waals surface area (Å²) in [6.45, 7) is 0. The van der Waals surface area contributed by atoms with Crippen molar-refractivity contribution in [3.05, 3.63) is 0 Å². The third-order valence-electron chi connectivity index (χ3n) is 1.29. The zero-order valence-corrected chi connectivity index (χ0v) is 9.13. The Morgan fingerprint density at radius 1 is 0.778 bits per heavy atom. The van der Waals surface area contributed by atoms with Crippen molar-refractivity contribution in [2.24, 2.45) is 0 Å². The standard InChI is InChI=1S/C6H8O7.H3N.4H2O/c7-3(8)1-6(13,5(11)12)2-4(9)10;;;;;/h13H,1-2H2,(H,7,8)(H,9,10)(H,11,12);1H3;4*1H2. The van der Waals surface area contributed by atoms with E-state index in [1.807, 2.05) is 0 Å². The monoisotopic (exact) mass is 281 g/mol. The Morgan fingerprint density at radius 3 is 1.11 bits per heavy atom. The van der Waals surface area contributed by atoms with Crippen LogP contribution in [-0.4, -0.2) is 65.8 Å². The van der Waals surface area contributed by atoms with Crippen molar-refractivity contribution in [1.29, 1.82) is 0 Å². The molecule has 0 radical (unpaired) electrons. The molecular formula is C6H19NO11. The first-order chi connectivity index (χ1) is 5.78. The molecule has 0 unspecified atom stereocenters. The highest BCUT2D eigenvalue weighted by atomic mass is 16.4. The summed E-state index contributed by atoms with van der Waals surface area (Å²) in [5, 5.41) is 33.8. The fourth-order valence-electron chi connectivity index (χ4n) is 0.714. The Bertz CT molecular complexity index is 236. The van der Waals surface area contributed by atoms with Crippen LogP contribution in [0.2, 0.25) is 0 Å². The molecule has 12 heteroatoms. The molecule has 0 spiro atoms. The topological polar surface area (TPSA) is 293 Å². The Morgan fingerprint density at radius 2 is 1.00 bits per heavy atom. The molecule has 0 atom stereocenters. The Balaban J connectivity index is -0.0000000720. The molecule has 0 saturated heterocycles. The van der Waals surface area contributed by atoms with Crippen LogP contribution in [0.4, 0.5) is 0 Å². The van der Waals surface area contributed by atoms with Crippen LogP contribution < -0.4 is 6.15 Å². The molecule has 0 aromatic heterocycles. The fourth-order valence-corrected chi connectivity index (χ4v) is 0.714. The van der Waals surface area contributed by atoms with Gasteiger partial charge in [-0.1, -0.05) is 0 Å². The van der Waals surface area contributed by atoms with E-state index < -0.39 is 36.4 Å². The van der Waals surface area contributed by atoms with Crippen molar-refractivity contribution in [3.8, 4) is 0 Å². The molecule has 0 saturated carbocycles. The van der Waals surface area contributed by atoms with Gasteiger partial charge in [-0.15, -0.1) is 0 Å². The largest absolute Gasteiger partial charge is 0.481 e. The van der Waals surface area contributed by atoms with Crippen LogP contribution in [0.15, 0.2) is 0 Å². The number of carbonyl (C=O) groups is 3. The third kappa shape index (κ3) is 12.2. The number of carboxylic acid groups (broad SMARTS) is 3. The van der Waals surface area contributed by atoms with Crippen molar-refractivity contribution < 1.29 is 56.7 Å². The molecule has 0 aliphatic rings. The van der Waals surface area contributed by atoms with E-state index in [4.69, 9.17) is 20.4 Å². The summed E-state index contributed by atoms with van der Waals surface area (Å²) >= 11 is 0. The Kier molecular flexibility index (Phi) is 26.5. The van der Waals surface area contributed by atoms with Gasteiger partial charge in [0.05, 0.1) is 12.8 Å². The van der Waals surface area contributed by atoms with Crippen molar-refractivity contribution in [1.82, 2.24) is 6.15 Å². The number of hydrogen-bond donors (Lipinski definition) is 5. The quantitative estimate of drug-likeness (QED) is 0.326. The van der Waals surface area contributed by atoms with Gasteiger partial charge < -0.3 is 48.5 Å². The summed E-state index contributed by atoms with van der Waals surface area (Å²) < 4.78 is 0. The smallest absolute Gasteiger partial charge is 0.336 e. The maximum atomic E-state index is 10.3. The molecule has 0 bridgehead atoms. The first-order valence-electron chi connectivity index (χ1n) is 3.17. The van der Waals surface area contributed by atoms with Crippen LogP contribution in [0.1, 0.15) is 12.8 Å². The minimum absolute atomic E-state index is 0. The zero-order valence-electron chi connectivity index (χ0n) is 9.13. The minimum Gasteiger partial charge on any atom is -0.481 e. The highest BCUT2D eigenvalue weighted by Crippen LogP contribution is 2.15. The second-order valence-corrected chi connectivity index (χ2v) is 2.48. The lowest BCUT2D eigenvalue weighted by Crippen LogP contribution is -2.42. The van der Waals surface area contributed by atoms with E-state index in [1.165, 1.54) is 0 Å². The first kappa shape index (κ1) is 36.0. The second-order valence-electron chi connectivity index (χ2n) is 2.48. The van der Waals surface area contributed by atoms with Gasteiger partial charge in [-0.25, -0.2) is 4.79 Å². The SMILES string of the molecule is N.O.O.O.O.O=C(O)CC(O)(CC(=O)O)C(=O)O. The predicted octanol–water partition coefficient (Wildman–Crippen LogP) is -4.39. The van der Waals surface area contributed by atoms with Gasteiger partial charge in [0, 0.05) is 0 Å². The summed E-state index contributed by atoms with van der Waals surface area (Å²) in [6, 6.07) is 0.